The molecule has 0 bridgehead atoms. The molecule has 0 nitrogen and oxygen atoms in total. The van der Waals surface area contributed by atoms with Gasteiger partial charge in [0.15, 0.2) is 0 Å². The average molecular weight is 324 g/mol. The van der Waals surface area contributed by atoms with Crippen molar-refractivity contribution < 1.29 is 0 Å². The van der Waals surface area contributed by atoms with Gasteiger partial charge in [-0.2, -0.15) is 0 Å². The highest BCUT2D eigenvalue weighted by Crippen LogP contribution is 2.77. The van der Waals surface area contributed by atoms with Crippen LogP contribution in [0.1, 0.15) is 110 Å². The fourth-order valence-corrected chi connectivity index (χ4v) is 14.2. The molecule has 0 saturated heterocycles. The highest BCUT2D eigenvalue weighted by Gasteiger charge is 2.56. The first-order chi connectivity index (χ1) is 10.9. The minimum Gasteiger partial charge on any atom is -0.0619 e. The summed E-state index contributed by atoms with van der Waals surface area (Å²) in [6.07, 6.45) is 26.9. The van der Waals surface area contributed by atoms with Gasteiger partial charge in [-0.05, 0) is 83.5 Å². The van der Waals surface area contributed by atoms with Crippen LogP contribution in [0.15, 0.2) is 0 Å². The molecule has 3 fully saturated rings. The van der Waals surface area contributed by atoms with Gasteiger partial charge >= 0.3 is 0 Å². The Morgan fingerprint density at radius 2 is 0.864 bits per heavy atom. The molecule has 0 aromatic rings. The minimum atomic E-state index is -0.722. The molecule has 22 heavy (non-hydrogen) atoms. The standard InChI is InChI=1S/C21H40P/c1-2-18-22(19-12-6-3-7-13-19,20-14-8-4-9-15-20)21-16-10-5-11-17-21/h19-21H,2-18H2,1H3/q+1. The van der Waals surface area contributed by atoms with Crippen LogP contribution in [0.4, 0.5) is 0 Å². The summed E-state index contributed by atoms with van der Waals surface area (Å²) in [6.45, 7) is 2.50. The first kappa shape index (κ1) is 17.3. The molecule has 0 aromatic heterocycles. The van der Waals surface area contributed by atoms with Gasteiger partial charge in [0.1, 0.15) is 0 Å². The van der Waals surface area contributed by atoms with Crippen molar-refractivity contribution in [1.29, 1.82) is 0 Å². The predicted octanol–water partition coefficient (Wildman–Crippen LogP) is 7.41. The van der Waals surface area contributed by atoms with Crippen LogP contribution in [0.2, 0.25) is 0 Å². The monoisotopic (exact) mass is 323 g/mol. The highest BCUT2D eigenvalue weighted by molar-refractivity contribution is 7.77. The Morgan fingerprint density at radius 3 is 1.14 bits per heavy atom. The quantitative estimate of drug-likeness (QED) is 0.462. The smallest absolute Gasteiger partial charge is 0.0619 e. The van der Waals surface area contributed by atoms with Gasteiger partial charge < -0.3 is 0 Å². The normalized spacial score (nSPS) is 27.1. The molecule has 0 heterocycles. The topological polar surface area (TPSA) is 0 Å². The molecule has 0 amide bonds. The van der Waals surface area contributed by atoms with E-state index in [4.69, 9.17) is 0 Å². The minimum absolute atomic E-state index is 0.722. The van der Waals surface area contributed by atoms with Crippen LogP contribution in [-0.4, -0.2) is 23.1 Å². The summed E-state index contributed by atoms with van der Waals surface area (Å²) < 4.78 is 0. The van der Waals surface area contributed by atoms with Crippen LogP contribution in [0, 0.1) is 0 Å². The molecule has 0 N–H and O–H groups in total. The number of rotatable bonds is 5. The van der Waals surface area contributed by atoms with E-state index in [0.717, 1.165) is 0 Å². The molecule has 0 aromatic carbocycles. The Labute approximate surface area is 140 Å². The largest absolute Gasteiger partial charge is 0.0703 e. The van der Waals surface area contributed by atoms with Crippen molar-refractivity contribution in [1.82, 2.24) is 0 Å². The van der Waals surface area contributed by atoms with Gasteiger partial charge in [0.05, 0.1) is 23.1 Å². The number of hydrogen-bond acceptors (Lipinski definition) is 0. The number of hydrogen-bond donors (Lipinski definition) is 0. The van der Waals surface area contributed by atoms with E-state index in [0.29, 0.717) is 0 Å². The maximum absolute atomic E-state index is 2.50. The van der Waals surface area contributed by atoms with Gasteiger partial charge in [0.2, 0.25) is 0 Å². The highest BCUT2D eigenvalue weighted by atomic mass is 31.2. The Hall–Kier alpha value is 0.430. The van der Waals surface area contributed by atoms with Crippen LogP contribution in [-0.2, 0) is 0 Å². The third-order valence-corrected chi connectivity index (χ3v) is 14.2. The van der Waals surface area contributed by atoms with Crippen molar-refractivity contribution >= 4 is 7.26 Å². The van der Waals surface area contributed by atoms with Gasteiger partial charge in [-0.3, -0.25) is 0 Å². The summed E-state index contributed by atoms with van der Waals surface area (Å²) in [4.78, 5) is 0. The van der Waals surface area contributed by atoms with Crippen molar-refractivity contribution in [3.63, 3.8) is 0 Å². The van der Waals surface area contributed by atoms with Gasteiger partial charge in [-0.15, -0.1) is 0 Å². The SMILES string of the molecule is CCC[P+](C1CCCCC1)(C1CCCCC1)C1CCCCC1. The Kier molecular flexibility index (Phi) is 6.67. The second-order valence-corrected chi connectivity index (χ2v) is 13.2. The van der Waals surface area contributed by atoms with Gasteiger partial charge in [0, 0.05) is 7.26 Å². The van der Waals surface area contributed by atoms with Crippen LogP contribution in [0.25, 0.3) is 0 Å². The van der Waals surface area contributed by atoms with E-state index in [9.17, 15) is 0 Å². The molecule has 0 unspecified atom stereocenters. The fourth-order valence-electron chi connectivity index (χ4n) is 6.51. The molecule has 1 heteroatoms. The molecule has 128 valence electrons. The zero-order valence-corrected chi connectivity index (χ0v) is 16.1. The average Bonchev–Trinajstić information content (AvgIpc) is 2.62. The molecule has 0 spiro atoms. The van der Waals surface area contributed by atoms with Gasteiger partial charge in [0.25, 0.3) is 0 Å². The van der Waals surface area contributed by atoms with Crippen LogP contribution in [0.3, 0.4) is 0 Å². The van der Waals surface area contributed by atoms with Crippen LogP contribution < -0.4 is 0 Å². The summed E-state index contributed by atoms with van der Waals surface area (Å²) in [7, 11) is -0.722. The van der Waals surface area contributed by atoms with E-state index >= 15 is 0 Å². The van der Waals surface area contributed by atoms with Crippen LogP contribution >= 0.6 is 7.26 Å². The first-order valence-corrected chi connectivity index (χ1v) is 12.9. The molecule has 0 radical (unpaired) electrons. The van der Waals surface area contributed by atoms with Crippen molar-refractivity contribution in [2.24, 2.45) is 0 Å². The molecular weight excluding hydrogens is 283 g/mol. The van der Waals surface area contributed by atoms with Crippen LogP contribution in [0.5, 0.6) is 0 Å². The molecule has 3 aliphatic rings. The third-order valence-electron chi connectivity index (χ3n) is 7.37. The maximum atomic E-state index is 2.50. The van der Waals surface area contributed by atoms with E-state index in [1.54, 1.807) is 83.2 Å². The zero-order chi connectivity index (χ0) is 15.3. The van der Waals surface area contributed by atoms with E-state index in [2.05, 4.69) is 6.92 Å². The molecule has 3 saturated carbocycles. The van der Waals surface area contributed by atoms with Crippen molar-refractivity contribution in [3.8, 4) is 0 Å². The second kappa shape index (κ2) is 8.50. The third kappa shape index (κ3) is 3.58. The van der Waals surface area contributed by atoms with Gasteiger partial charge in [-0.25, -0.2) is 0 Å². The zero-order valence-electron chi connectivity index (χ0n) is 15.2. The molecule has 0 atom stereocenters. The van der Waals surface area contributed by atoms with Gasteiger partial charge in [-0.1, -0.05) is 26.2 Å². The van der Waals surface area contributed by atoms with E-state index in [1.807, 2.05) is 0 Å². The molecule has 0 aliphatic heterocycles. The Morgan fingerprint density at radius 1 is 0.545 bits per heavy atom. The summed E-state index contributed by atoms with van der Waals surface area (Å²) in [6, 6.07) is 0. The molecular formula is C21H40P+. The summed E-state index contributed by atoms with van der Waals surface area (Å²) in [5.41, 5.74) is 3.60. The molecule has 3 aliphatic carbocycles. The summed E-state index contributed by atoms with van der Waals surface area (Å²) >= 11 is 0. The first-order valence-electron chi connectivity index (χ1n) is 10.7. The lowest BCUT2D eigenvalue weighted by molar-refractivity contribution is 0.450. The van der Waals surface area contributed by atoms with Crippen molar-refractivity contribution in [3.05, 3.63) is 0 Å². The lowest BCUT2D eigenvalue weighted by Crippen LogP contribution is -2.37. The molecule has 3 rings (SSSR count). The van der Waals surface area contributed by atoms with E-state index in [-0.39, 0.29) is 0 Å². The Bertz CT molecular complexity index is 260. The predicted molar refractivity (Wildman–Crippen MR) is 103 cm³/mol. The second-order valence-electron chi connectivity index (χ2n) is 8.59. The lowest BCUT2D eigenvalue weighted by atomic mass is 9.99. The fraction of sp³-hybridized carbons (Fsp3) is 1.00. The summed E-state index contributed by atoms with van der Waals surface area (Å²) in [5.74, 6) is 0. The summed E-state index contributed by atoms with van der Waals surface area (Å²) in [5, 5.41) is 0. The van der Waals surface area contributed by atoms with Crippen molar-refractivity contribution in [2.45, 2.75) is 127 Å². The van der Waals surface area contributed by atoms with Crippen molar-refractivity contribution in [2.75, 3.05) is 6.16 Å². The Balaban J connectivity index is 1.88. The maximum Gasteiger partial charge on any atom is 0.0703 e. The lowest BCUT2D eigenvalue weighted by Gasteiger charge is -2.49. The van der Waals surface area contributed by atoms with E-state index < -0.39 is 7.26 Å². The van der Waals surface area contributed by atoms with E-state index in [1.165, 1.54) is 42.7 Å².